The van der Waals surface area contributed by atoms with Gasteiger partial charge in [0.05, 0.1) is 19.3 Å². The van der Waals surface area contributed by atoms with E-state index in [1.54, 1.807) is 7.11 Å². The molecule has 0 radical (unpaired) electrons. The summed E-state index contributed by atoms with van der Waals surface area (Å²) in [5.74, 6) is -0.150. The molecule has 1 spiro atoms. The number of methoxy groups -OCH3 is 2. The largest absolute Gasteiger partial charge is 0.468 e. The van der Waals surface area contributed by atoms with Crippen molar-refractivity contribution in [1.29, 1.82) is 0 Å². The van der Waals surface area contributed by atoms with Crippen LogP contribution in [0.1, 0.15) is 32.1 Å². The zero-order valence-corrected chi connectivity index (χ0v) is 12.5. The smallest absolute Gasteiger partial charge is 0.326 e. The molecule has 0 amide bonds. The van der Waals surface area contributed by atoms with Gasteiger partial charge < -0.3 is 14.2 Å². The lowest BCUT2D eigenvalue weighted by molar-refractivity contribution is -0.173. The fourth-order valence-electron chi connectivity index (χ4n) is 4.08. The van der Waals surface area contributed by atoms with Crippen LogP contribution in [-0.4, -0.2) is 63.0 Å². The molecule has 2 heterocycles. The Morgan fingerprint density at radius 2 is 2.05 bits per heavy atom. The quantitative estimate of drug-likeness (QED) is 0.726. The molecule has 1 aliphatic carbocycles. The van der Waals surface area contributed by atoms with E-state index in [4.69, 9.17) is 14.2 Å². The normalized spacial score (nSPS) is 34.1. The predicted octanol–water partition coefficient (Wildman–Crippen LogP) is 1.21. The first-order valence-electron chi connectivity index (χ1n) is 7.60. The molecule has 2 atom stereocenters. The topological polar surface area (TPSA) is 48.0 Å². The van der Waals surface area contributed by atoms with E-state index in [0.717, 1.165) is 58.4 Å². The van der Waals surface area contributed by atoms with Crippen LogP contribution in [0, 0.1) is 5.41 Å². The molecule has 0 aromatic carbocycles. The second-order valence-electron chi connectivity index (χ2n) is 6.57. The summed E-state index contributed by atoms with van der Waals surface area (Å²) in [7, 11) is 3.20. The van der Waals surface area contributed by atoms with E-state index in [1.807, 2.05) is 0 Å². The first-order chi connectivity index (χ1) is 9.65. The average Bonchev–Trinajstić information content (AvgIpc) is 3.04. The van der Waals surface area contributed by atoms with Gasteiger partial charge in [-0.3, -0.25) is 9.69 Å². The van der Waals surface area contributed by atoms with Crippen LogP contribution in [0.25, 0.3) is 0 Å². The zero-order chi connectivity index (χ0) is 14.2. The van der Waals surface area contributed by atoms with Crippen molar-refractivity contribution in [2.24, 2.45) is 5.41 Å². The summed E-state index contributed by atoms with van der Waals surface area (Å²) >= 11 is 0. The van der Waals surface area contributed by atoms with Crippen molar-refractivity contribution < 1.29 is 19.0 Å². The number of hydrogen-bond donors (Lipinski definition) is 0. The van der Waals surface area contributed by atoms with Crippen LogP contribution < -0.4 is 0 Å². The molecule has 3 aliphatic rings. The van der Waals surface area contributed by atoms with Crippen molar-refractivity contribution in [3.63, 3.8) is 0 Å². The molecule has 1 saturated carbocycles. The van der Waals surface area contributed by atoms with E-state index in [0.29, 0.717) is 0 Å². The van der Waals surface area contributed by atoms with E-state index >= 15 is 0 Å². The summed E-state index contributed by atoms with van der Waals surface area (Å²) in [6.45, 7) is 3.55. The first kappa shape index (κ1) is 14.3. The molecular weight excluding hydrogens is 258 g/mol. The first-order valence-corrected chi connectivity index (χ1v) is 7.60. The maximum absolute atomic E-state index is 12.3. The lowest BCUT2D eigenvalue weighted by Gasteiger charge is -2.48. The molecule has 0 aromatic heterocycles. The van der Waals surface area contributed by atoms with E-state index in [-0.39, 0.29) is 23.0 Å². The van der Waals surface area contributed by atoms with Crippen LogP contribution in [0.15, 0.2) is 0 Å². The number of rotatable bonds is 4. The van der Waals surface area contributed by atoms with Gasteiger partial charge in [0.25, 0.3) is 0 Å². The molecule has 0 aromatic rings. The third-order valence-electron chi connectivity index (χ3n) is 5.55. The Kier molecular flexibility index (Phi) is 3.77. The van der Waals surface area contributed by atoms with Crippen LogP contribution in [-0.2, 0) is 19.0 Å². The summed E-state index contributed by atoms with van der Waals surface area (Å²) in [5, 5.41) is 0. The molecule has 3 fully saturated rings. The minimum atomic E-state index is -0.335. The number of esters is 1. The van der Waals surface area contributed by atoms with E-state index in [1.165, 1.54) is 7.11 Å². The Balaban J connectivity index is 1.78. The third-order valence-corrected chi connectivity index (χ3v) is 5.55. The standard InChI is InChI=1S/C15H25NO4/c1-18-13(17)12(15(19-2)4-3-5-15)16-8-6-14(10-16)7-9-20-11-14/h12H,3-11H2,1-2H3/t12-,14-/m0/s1. The molecular formula is C15H25NO4. The van der Waals surface area contributed by atoms with Gasteiger partial charge in [-0.2, -0.15) is 0 Å². The molecule has 20 heavy (non-hydrogen) atoms. The van der Waals surface area contributed by atoms with E-state index in [9.17, 15) is 4.79 Å². The van der Waals surface area contributed by atoms with Gasteiger partial charge in [-0.05, 0) is 38.6 Å². The minimum absolute atomic E-state index is 0.150. The van der Waals surface area contributed by atoms with Crippen molar-refractivity contribution in [2.75, 3.05) is 40.5 Å². The average molecular weight is 283 g/mol. The van der Waals surface area contributed by atoms with Crippen LogP contribution in [0.3, 0.4) is 0 Å². The number of hydrogen-bond acceptors (Lipinski definition) is 5. The van der Waals surface area contributed by atoms with Gasteiger partial charge in [0.1, 0.15) is 6.04 Å². The monoisotopic (exact) mass is 283 g/mol. The summed E-state index contributed by atoms with van der Waals surface area (Å²) in [4.78, 5) is 14.6. The highest BCUT2D eigenvalue weighted by molar-refractivity contribution is 5.77. The Hall–Kier alpha value is -0.650. The van der Waals surface area contributed by atoms with Gasteiger partial charge in [0.15, 0.2) is 0 Å². The molecule has 3 rings (SSSR count). The Bertz CT molecular complexity index is 369. The molecule has 5 heteroatoms. The Morgan fingerprint density at radius 1 is 1.25 bits per heavy atom. The lowest BCUT2D eigenvalue weighted by Crippen LogP contribution is -2.61. The van der Waals surface area contributed by atoms with Gasteiger partial charge >= 0.3 is 5.97 Å². The highest BCUT2D eigenvalue weighted by atomic mass is 16.5. The maximum atomic E-state index is 12.3. The molecule has 0 unspecified atom stereocenters. The van der Waals surface area contributed by atoms with Gasteiger partial charge in [0.2, 0.25) is 0 Å². The molecule has 0 bridgehead atoms. The Labute approximate surface area is 120 Å². The zero-order valence-electron chi connectivity index (χ0n) is 12.5. The molecule has 2 saturated heterocycles. The summed E-state index contributed by atoms with van der Waals surface area (Å²) < 4.78 is 16.4. The molecule has 114 valence electrons. The van der Waals surface area contributed by atoms with Gasteiger partial charge in [-0.15, -0.1) is 0 Å². The van der Waals surface area contributed by atoms with Crippen molar-refractivity contribution in [3.05, 3.63) is 0 Å². The highest BCUT2D eigenvalue weighted by Crippen LogP contribution is 2.45. The maximum Gasteiger partial charge on any atom is 0.326 e. The fraction of sp³-hybridized carbons (Fsp3) is 0.933. The van der Waals surface area contributed by atoms with Crippen molar-refractivity contribution in [1.82, 2.24) is 4.90 Å². The number of carbonyl (C=O) groups is 1. The van der Waals surface area contributed by atoms with Gasteiger partial charge in [0, 0.05) is 25.7 Å². The number of carbonyl (C=O) groups excluding carboxylic acids is 1. The lowest BCUT2D eigenvalue weighted by atomic mass is 9.73. The fourth-order valence-corrected chi connectivity index (χ4v) is 4.08. The van der Waals surface area contributed by atoms with Gasteiger partial charge in [-0.25, -0.2) is 0 Å². The van der Waals surface area contributed by atoms with Crippen molar-refractivity contribution in [2.45, 2.75) is 43.7 Å². The summed E-state index contributed by atoms with van der Waals surface area (Å²) in [5.41, 5.74) is -0.0803. The Morgan fingerprint density at radius 3 is 2.55 bits per heavy atom. The van der Waals surface area contributed by atoms with E-state index < -0.39 is 0 Å². The van der Waals surface area contributed by atoms with Gasteiger partial charge in [-0.1, -0.05) is 0 Å². The third kappa shape index (κ3) is 2.16. The number of nitrogens with zero attached hydrogens (tertiary/aromatic N) is 1. The highest BCUT2D eigenvalue weighted by Gasteiger charge is 2.55. The molecule has 5 nitrogen and oxygen atoms in total. The predicted molar refractivity (Wildman–Crippen MR) is 73.5 cm³/mol. The summed E-state index contributed by atoms with van der Waals surface area (Å²) in [6, 6.07) is -0.258. The second-order valence-corrected chi connectivity index (χ2v) is 6.57. The van der Waals surface area contributed by atoms with E-state index in [2.05, 4.69) is 4.90 Å². The van der Waals surface area contributed by atoms with Crippen molar-refractivity contribution >= 4 is 5.97 Å². The molecule has 2 aliphatic heterocycles. The minimum Gasteiger partial charge on any atom is -0.468 e. The molecule has 0 N–H and O–H groups in total. The number of ether oxygens (including phenoxy) is 3. The van der Waals surface area contributed by atoms with Crippen LogP contribution in [0.2, 0.25) is 0 Å². The van der Waals surface area contributed by atoms with Crippen LogP contribution in [0.4, 0.5) is 0 Å². The second kappa shape index (κ2) is 5.28. The SMILES string of the molecule is COC(=O)[C@H](N1CC[C@]2(CCOC2)C1)C1(OC)CCC1. The van der Waals surface area contributed by atoms with Crippen LogP contribution in [0.5, 0.6) is 0 Å². The van der Waals surface area contributed by atoms with Crippen molar-refractivity contribution in [3.8, 4) is 0 Å². The van der Waals surface area contributed by atoms with Crippen LogP contribution >= 0.6 is 0 Å². The summed E-state index contributed by atoms with van der Waals surface area (Å²) in [6.07, 6.45) is 5.24. The number of likely N-dealkylation sites (tertiary alicyclic amines) is 1.